The quantitative estimate of drug-likeness (QED) is 0.161. The molecule has 0 aromatic rings. The van der Waals surface area contributed by atoms with Crippen molar-refractivity contribution in [2.45, 2.75) is 18.9 Å². The summed E-state index contributed by atoms with van der Waals surface area (Å²) in [6.45, 7) is 0.248. The van der Waals surface area contributed by atoms with E-state index in [0.29, 0.717) is 6.42 Å². The second kappa shape index (κ2) is 10.8. The van der Waals surface area contributed by atoms with E-state index < -0.39 is 18.0 Å². The molecule has 0 aromatic carbocycles. The average Bonchev–Trinajstić information content (AvgIpc) is 2.27. The molecule has 0 radical (unpaired) electrons. The van der Waals surface area contributed by atoms with Crippen molar-refractivity contribution >= 4 is 17.8 Å². The molecule has 0 fully saturated rings. The van der Waals surface area contributed by atoms with Crippen LogP contribution in [0, 0.1) is 0 Å². The first-order valence-corrected chi connectivity index (χ1v) is 4.47. The number of aliphatic carboxylic acids is 2. The van der Waals surface area contributed by atoms with Crippen LogP contribution < -0.4 is 11.3 Å². The van der Waals surface area contributed by atoms with Crippen LogP contribution in [-0.4, -0.2) is 53.0 Å². The van der Waals surface area contributed by atoms with Gasteiger partial charge in [0, 0.05) is 13.5 Å². The van der Waals surface area contributed by atoms with Gasteiger partial charge in [-0.15, -0.1) is 0 Å². The summed E-state index contributed by atoms with van der Waals surface area (Å²) < 4.78 is 4.66. The standard InChI is InChI=1S/C6H14N2O3.C2H2O4/c1-11-4-5(9)2-3-6(10)8-7;3-1(4)2(5)6/h5,9H,2-4,7H2,1H3,(H,8,10);(H,3,4)(H,5,6). The lowest BCUT2D eigenvalue weighted by Gasteiger charge is -2.07. The van der Waals surface area contributed by atoms with E-state index in [1.807, 2.05) is 5.43 Å². The highest BCUT2D eigenvalue weighted by atomic mass is 16.5. The van der Waals surface area contributed by atoms with Gasteiger partial charge < -0.3 is 20.1 Å². The second-order valence-corrected chi connectivity index (χ2v) is 2.83. The number of carboxylic acid groups (broad SMARTS) is 2. The van der Waals surface area contributed by atoms with Gasteiger partial charge in [0.15, 0.2) is 0 Å². The molecule has 17 heavy (non-hydrogen) atoms. The Labute approximate surface area is 97.1 Å². The summed E-state index contributed by atoms with van der Waals surface area (Å²) in [5.74, 6) is 0.894. The number of methoxy groups -OCH3 is 1. The molecule has 0 aliphatic rings. The lowest BCUT2D eigenvalue weighted by molar-refractivity contribution is -0.159. The molecular weight excluding hydrogens is 236 g/mol. The van der Waals surface area contributed by atoms with Crippen LogP contribution >= 0.6 is 0 Å². The highest BCUT2D eigenvalue weighted by Crippen LogP contribution is 1.96. The number of carbonyl (C=O) groups excluding carboxylic acids is 1. The molecule has 9 heteroatoms. The first-order valence-electron chi connectivity index (χ1n) is 4.47. The molecule has 0 saturated heterocycles. The smallest absolute Gasteiger partial charge is 0.414 e. The van der Waals surface area contributed by atoms with Gasteiger partial charge in [-0.3, -0.25) is 10.2 Å². The number of hydrazine groups is 1. The maximum absolute atomic E-state index is 10.5. The fraction of sp³-hybridized carbons (Fsp3) is 0.625. The summed E-state index contributed by atoms with van der Waals surface area (Å²) in [7, 11) is 1.49. The number of nitrogens with one attached hydrogen (secondary N) is 1. The Morgan fingerprint density at radius 1 is 1.29 bits per heavy atom. The third-order valence-electron chi connectivity index (χ3n) is 1.41. The highest BCUT2D eigenvalue weighted by molar-refractivity contribution is 6.27. The van der Waals surface area contributed by atoms with Crippen LogP contribution in [0.25, 0.3) is 0 Å². The lowest BCUT2D eigenvalue weighted by atomic mass is 10.2. The minimum atomic E-state index is -1.82. The number of aliphatic hydroxyl groups is 1. The molecule has 9 nitrogen and oxygen atoms in total. The van der Waals surface area contributed by atoms with Gasteiger partial charge in [-0.1, -0.05) is 0 Å². The largest absolute Gasteiger partial charge is 0.473 e. The van der Waals surface area contributed by atoms with Gasteiger partial charge in [0.2, 0.25) is 5.91 Å². The molecule has 100 valence electrons. The van der Waals surface area contributed by atoms with Crippen molar-refractivity contribution < 1.29 is 34.4 Å². The molecule has 0 aliphatic carbocycles. The number of carboxylic acids is 2. The third kappa shape index (κ3) is 14.3. The lowest BCUT2D eigenvalue weighted by Crippen LogP contribution is -2.31. The van der Waals surface area contributed by atoms with Gasteiger partial charge in [-0.25, -0.2) is 15.4 Å². The predicted octanol–water partition coefficient (Wildman–Crippen LogP) is -2.08. The van der Waals surface area contributed by atoms with Crippen LogP contribution in [0.4, 0.5) is 0 Å². The Balaban J connectivity index is 0. The normalized spacial score (nSPS) is 10.8. The van der Waals surface area contributed by atoms with Crippen molar-refractivity contribution in [3.05, 3.63) is 0 Å². The molecule has 0 aromatic heterocycles. The van der Waals surface area contributed by atoms with E-state index in [0.717, 1.165) is 0 Å². The SMILES string of the molecule is COCC(O)CCC(=O)NN.O=C(O)C(=O)O. The minimum Gasteiger partial charge on any atom is -0.473 e. The van der Waals surface area contributed by atoms with E-state index in [9.17, 15) is 4.79 Å². The van der Waals surface area contributed by atoms with Crippen LogP contribution in [0.5, 0.6) is 0 Å². The zero-order valence-electron chi connectivity index (χ0n) is 9.25. The number of hydrogen-bond donors (Lipinski definition) is 5. The highest BCUT2D eigenvalue weighted by Gasteiger charge is 2.06. The number of carbonyl (C=O) groups is 3. The Morgan fingerprint density at radius 2 is 1.76 bits per heavy atom. The molecule has 0 spiro atoms. The molecule has 0 bridgehead atoms. The van der Waals surface area contributed by atoms with E-state index in [4.69, 9.17) is 30.8 Å². The van der Waals surface area contributed by atoms with Gasteiger partial charge >= 0.3 is 11.9 Å². The van der Waals surface area contributed by atoms with E-state index in [2.05, 4.69) is 4.74 Å². The first kappa shape index (κ1) is 17.7. The van der Waals surface area contributed by atoms with Crippen LogP contribution in [0.2, 0.25) is 0 Å². The Bertz CT molecular complexity index is 244. The number of rotatable bonds is 5. The molecule has 1 amide bonds. The molecule has 1 unspecified atom stereocenters. The second-order valence-electron chi connectivity index (χ2n) is 2.83. The van der Waals surface area contributed by atoms with Crippen LogP contribution in [0.1, 0.15) is 12.8 Å². The van der Waals surface area contributed by atoms with Crippen LogP contribution in [0.3, 0.4) is 0 Å². The Kier molecular flexibility index (Phi) is 11.2. The van der Waals surface area contributed by atoms with E-state index >= 15 is 0 Å². The number of hydrogen-bond acceptors (Lipinski definition) is 6. The van der Waals surface area contributed by atoms with Crippen molar-refractivity contribution in [3.8, 4) is 0 Å². The summed E-state index contributed by atoms with van der Waals surface area (Å²) >= 11 is 0. The molecule has 0 saturated carbocycles. The molecule has 0 rings (SSSR count). The van der Waals surface area contributed by atoms with Gasteiger partial charge in [0.1, 0.15) is 0 Å². The van der Waals surface area contributed by atoms with Crippen molar-refractivity contribution in [2.75, 3.05) is 13.7 Å². The van der Waals surface area contributed by atoms with Crippen molar-refractivity contribution in [2.24, 2.45) is 5.84 Å². The number of aliphatic hydroxyl groups excluding tert-OH is 1. The number of nitrogens with two attached hydrogens (primary N) is 1. The topological polar surface area (TPSA) is 159 Å². The average molecular weight is 252 g/mol. The Morgan fingerprint density at radius 3 is 2.06 bits per heavy atom. The van der Waals surface area contributed by atoms with E-state index in [1.165, 1.54) is 7.11 Å². The van der Waals surface area contributed by atoms with Gasteiger partial charge in [-0.2, -0.15) is 0 Å². The summed E-state index contributed by atoms with van der Waals surface area (Å²) in [6.07, 6.45) is 0.00931. The number of amides is 1. The number of ether oxygens (including phenoxy) is 1. The maximum atomic E-state index is 10.5. The summed E-state index contributed by atoms with van der Waals surface area (Å²) in [5.41, 5.74) is 1.97. The Hall–Kier alpha value is -1.71. The molecule has 0 heterocycles. The third-order valence-corrected chi connectivity index (χ3v) is 1.41. The van der Waals surface area contributed by atoms with Crippen molar-refractivity contribution in [3.63, 3.8) is 0 Å². The minimum absolute atomic E-state index is 0.223. The fourth-order valence-electron chi connectivity index (χ4n) is 0.646. The van der Waals surface area contributed by atoms with Crippen molar-refractivity contribution in [1.82, 2.24) is 5.43 Å². The van der Waals surface area contributed by atoms with E-state index in [-0.39, 0.29) is 18.9 Å². The summed E-state index contributed by atoms with van der Waals surface area (Å²) in [4.78, 5) is 28.7. The first-order chi connectivity index (χ1) is 7.84. The fourth-order valence-corrected chi connectivity index (χ4v) is 0.646. The summed E-state index contributed by atoms with van der Waals surface area (Å²) in [5, 5.41) is 23.8. The van der Waals surface area contributed by atoms with Crippen molar-refractivity contribution in [1.29, 1.82) is 0 Å². The zero-order chi connectivity index (χ0) is 13.8. The zero-order valence-corrected chi connectivity index (χ0v) is 9.25. The molecular formula is C8H16N2O7. The van der Waals surface area contributed by atoms with Gasteiger partial charge in [0.05, 0.1) is 12.7 Å². The monoisotopic (exact) mass is 252 g/mol. The molecule has 0 aliphatic heterocycles. The maximum Gasteiger partial charge on any atom is 0.414 e. The van der Waals surface area contributed by atoms with E-state index in [1.54, 1.807) is 0 Å². The summed E-state index contributed by atoms with van der Waals surface area (Å²) in [6, 6.07) is 0. The predicted molar refractivity (Wildman–Crippen MR) is 54.7 cm³/mol. The molecule has 6 N–H and O–H groups in total. The van der Waals surface area contributed by atoms with Gasteiger partial charge in [0.25, 0.3) is 0 Å². The molecule has 1 atom stereocenters. The van der Waals surface area contributed by atoms with Gasteiger partial charge in [-0.05, 0) is 6.42 Å². The van der Waals surface area contributed by atoms with Crippen LogP contribution in [-0.2, 0) is 19.1 Å². The van der Waals surface area contributed by atoms with Crippen LogP contribution in [0.15, 0.2) is 0 Å².